The van der Waals surface area contributed by atoms with E-state index in [2.05, 4.69) is 10.1 Å². The highest BCUT2D eigenvalue weighted by molar-refractivity contribution is 5.43. The lowest BCUT2D eigenvalue weighted by atomic mass is 10.4. The van der Waals surface area contributed by atoms with Crippen LogP contribution in [0.4, 0.5) is 0 Å². The van der Waals surface area contributed by atoms with Gasteiger partial charge in [-0.05, 0) is 13.0 Å². The molecule has 4 heteroatoms. The second kappa shape index (κ2) is 2.31. The van der Waals surface area contributed by atoms with Crippen molar-refractivity contribution in [3.63, 3.8) is 0 Å². The number of hydrogen-bond acceptors (Lipinski definition) is 3. The molecular formula is C8H6N4. The Balaban J connectivity index is 2.77. The van der Waals surface area contributed by atoms with Gasteiger partial charge >= 0.3 is 0 Å². The maximum absolute atomic E-state index is 8.55. The zero-order chi connectivity index (χ0) is 8.55. The highest BCUT2D eigenvalue weighted by Gasteiger charge is 1.99. The van der Waals surface area contributed by atoms with Crippen molar-refractivity contribution < 1.29 is 0 Å². The highest BCUT2D eigenvalue weighted by Crippen LogP contribution is 2.02. The average Bonchev–Trinajstić information content (AvgIpc) is 2.46. The van der Waals surface area contributed by atoms with Crippen LogP contribution in [0.15, 0.2) is 18.3 Å². The van der Waals surface area contributed by atoms with Gasteiger partial charge in [0.25, 0.3) is 0 Å². The van der Waals surface area contributed by atoms with E-state index in [1.807, 2.05) is 19.1 Å². The number of hydrogen-bond donors (Lipinski definition) is 0. The van der Waals surface area contributed by atoms with Crippen LogP contribution < -0.4 is 0 Å². The maximum atomic E-state index is 8.55. The summed E-state index contributed by atoms with van der Waals surface area (Å²) in [6.07, 6.45) is 1.79. The van der Waals surface area contributed by atoms with E-state index in [4.69, 9.17) is 5.26 Å². The molecule has 0 saturated carbocycles. The molecule has 0 amide bonds. The van der Waals surface area contributed by atoms with Crippen LogP contribution >= 0.6 is 0 Å². The predicted octanol–water partition coefficient (Wildman–Crippen LogP) is 0.909. The topological polar surface area (TPSA) is 54.0 Å². The van der Waals surface area contributed by atoms with Crippen LogP contribution in [0.1, 0.15) is 11.4 Å². The lowest BCUT2D eigenvalue weighted by Crippen LogP contribution is -1.90. The van der Waals surface area contributed by atoms with Crippen LogP contribution in [0.3, 0.4) is 0 Å². The number of fused-ring (bicyclic) bond motifs is 1. The standard InChI is InChI=1S/C8H6N4/c1-6-2-3-12-8(10-6)4-7(5-9)11-12/h2-4H,1H3. The van der Waals surface area contributed by atoms with Gasteiger partial charge in [0.05, 0.1) is 0 Å². The van der Waals surface area contributed by atoms with Gasteiger partial charge in [0.1, 0.15) is 6.07 Å². The Morgan fingerprint density at radius 2 is 2.42 bits per heavy atom. The Morgan fingerprint density at radius 3 is 3.17 bits per heavy atom. The fourth-order valence-corrected chi connectivity index (χ4v) is 1.03. The van der Waals surface area contributed by atoms with Crippen molar-refractivity contribution in [1.29, 1.82) is 5.26 Å². The van der Waals surface area contributed by atoms with Crippen LogP contribution in [-0.4, -0.2) is 14.6 Å². The van der Waals surface area contributed by atoms with Crippen molar-refractivity contribution in [2.45, 2.75) is 6.92 Å². The molecule has 0 spiro atoms. The molecule has 0 unspecified atom stereocenters. The first-order chi connectivity index (χ1) is 5.79. The molecule has 12 heavy (non-hydrogen) atoms. The second-order valence-corrected chi connectivity index (χ2v) is 2.51. The minimum atomic E-state index is 0.396. The first kappa shape index (κ1) is 6.80. The number of aryl methyl sites for hydroxylation is 1. The molecule has 2 rings (SSSR count). The van der Waals surface area contributed by atoms with Gasteiger partial charge in [0.15, 0.2) is 11.3 Å². The summed E-state index contributed by atoms with van der Waals surface area (Å²) in [6.45, 7) is 1.90. The number of aromatic nitrogens is 3. The van der Waals surface area contributed by atoms with Crippen molar-refractivity contribution in [2.75, 3.05) is 0 Å². The van der Waals surface area contributed by atoms with Crippen molar-refractivity contribution >= 4 is 5.65 Å². The average molecular weight is 158 g/mol. The summed E-state index contributed by atoms with van der Waals surface area (Å²) < 4.78 is 1.59. The lowest BCUT2D eigenvalue weighted by Gasteiger charge is -1.91. The molecule has 58 valence electrons. The fourth-order valence-electron chi connectivity index (χ4n) is 1.03. The quantitative estimate of drug-likeness (QED) is 0.572. The third-order valence-corrected chi connectivity index (χ3v) is 1.58. The van der Waals surface area contributed by atoms with Gasteiger partial charge in [-0.3, -0.25) is 0 Å². The maximum Gasteiger partial charge on any atom is 0.165 e. The summed E-state index contributed by atoms with van der Waals surface area (Å²) in [6, 6.07) is 5.47. The monoisotopic (exact) mass is 158 g/mol. The molecule has 0 aliphatic carbocycles. The fraction of sp³-hybridized carbons (Fsp3) is 0.125. The summed E-state index contributed by atoms with van der Waals surface area (Å²) in [5.41, 5.74) is 2.03. The molecule has 0 aromatic carbocycles. The molecule has 0 aliphatic heterocycles. The normalized spacial score (nSPS) is 10.0. The largest absolute Gasteiger partial charge is 0.234 e. The molecule has 2 aromatic rings. The van der Waals surface area contributed by atoms with Crippen molar-refractivity contribution in [2.24, 2.45) is 0 Å². The molecule has 0 atom stereocenters. The predicted molar refractivity (Wildman–Crippen MR) is 42.4 cm³/mol. The summed E-state index contributed by atoms with van der Waals surface area (Å²) in [5, 5.41) is 12.5. The number of nitriles is 1. The van der Waals surface area contributed by atoms with Crippen LogP contribution in [0.2, 0.25) is 0 Å². The Hall–Kier alpha value is -1.89. The van der Waals surface area contributed by atoms with Crippen molar-refractivity contribution in [3.8, 4) is 6.07 Å². The van der Waals surface area contributed by atoms with Gasteiger partial charge in [-0.15, -0.1) is 0 Å². The third-order valence-electron chi connectivity index (χ3n) is 1.58. The van der Waals surface area contributed by atoms with Gasteiger partial charge < -0.3 is 0 Å². The molecule has 2 heterocycles. The van der Waals surface area contributed by atoms with Crippen LogP contribution in [0.25, 0.3) is 5.65 Å². The van der Waals surface area contributed by atoms with Crippen LogP contribution in [-0.2, 0) is 0 Å². The van der Waals surface area contributed by atoms with E-state index in [0.29, 0.717) is 11.3 Å². The summed E-state index contributed by atoms with van der Waals surface area (Å²) in [4.78, 5) is 4.19. The summed E-state index contributed by atoms with van der Waals surface area (Å²) in [5.74, 6) is 0. The summed E-state index contributed by atoms with van der Waals surface area (Å²) >= 11 is 0. The Labute approximate surface area is 69.1 Å². The minimum absolute atomic E-state index is 0.396. The van der Waals surface area contributed by atoms with Crippen molar-refractivity contribution in [1.82, 2.24) is 14.6 Å². The van der Waals surface area contributed by atoms with Crippen LogP contribution in [0, 0.1) is 18.3 Å². The number of rotatable bonds is 0. The van der Waals surface area contributed by atoms with E-state index in [-0.39, 0.29) is 0 Å². The van der Waals surface area contributed by atoms with E-state index in [1.54, 1.807) is 16.8 Å². The van der Waals surface area contributed by atoms with Crippen molar-refractivity contribution in [3.05, 3.63) is 29.7 Å². The van der Waals surface area contributed by atoms with E-state index in [9.17, 15) is 0 Å². The molecule has 0 radical (unpaired) electrons. The molecule has 0 aliphatic rings. The SMILES string of the molecule is Cc1ccn2nc(C#N)cc2n1. The lowest BCUT2D eigenvalue weighted by molar-refractivity contribution is 0.921. The Kier molecular flexibility index (Phi) is 1.31. The van der Waals surface area contributed by atoms with E-state index in [1.165, 1.54) is 0 Å². The minimum Gasteiger partial charge on any atom is -0.234 e. The Morgan fingerprint density at radius 1 is 1.58 bits per heavy atom. The zero-order valence-electron chi connectivity index (χ0n) is 6.52. The number of nitrogens with zero attached hydrogens (tertiary/aromatic N) is 4. The van der Waals surface area contributed by atoms with Gasteiger partial charge in [-0.1, -0.05) is 0 Å². The molecule has 0 N–H and O–H groups in total. The van der Waals surface area contributed by atoms with Gasteiger partial charge in [-0.2, -0.15) is 10.4 Å². The first-order valence-electron chi connectivity index (χ1n) is 3.53. The van der Waals surface area contributed by atoms with Crippen LogP contribution in [0.5, 0.6) is 0 Å². The molecule has 0 saturated heterocycles. The zero-order valence-corrected chi connectivity index (χ0v) is 6.52. The van der Waals surface area contributed by atoms with Gasteiger partial charge in [0, 0.05) is 18.0 Å². The molecule has 0 bridgehead atoms. The van der Waals surface area contributed by atoms with E-state index >= 15 is 0 Å². The highest BCUT2D eigenvalue weighted by atomic mass is 15.2. The molecule has 4 nitrogen and oxygen atoms in total. The Bertz CT molecular complexity index is 463. The van der Waals surface area contributed by atoms with Gasteiger partial charge in [0.2, 0.25) is 0 Å². The molecule has 0 fully saturated rings. The van der Waals surface area contributed by atoms with E-state index in [0.717, 1.165) is 5.69 Å². The smallest absolute Gasteiger partial charge is 0.165 e. The molecular weight excluding hydrogens is 152 g/mol. The first-order valence-corrected chi connectivity index (χ1v) is 3.53. The second-order valence-electron chi connectivity index (χ2n) is 2.51. The van der Waals surface area contributed by atoms with Gasteiger partial charge in [-0.25, -0.2) is 9.50 Å². The molecule has 2 aromatic heterocycles. The van der Waals surface area contributed by atoms with E-state index < -0.39 is 0 Å². The summed E-state index contributed by atoms with van der Waals surface area (Å²) in [7, 11) is 0. The third kappa shape index (κ3) is 0.920.